The Bertz CT molecular complexity index is 870. The number of rotatable bonds is 7. The Morgan fingerprint density at radius 2 is 1.64 bits per heavy atom. The summed E-state index contributed by atoms with van der Waals surface area (Å²) in [7, 11) is 0. The van der Waals surface area contributed by atoms with Gasteiger partial charge in [-0.1, -0.05) is 43.3 Å². The third-order valence-corrected chi connectivity index (χ3v) is 4.12. The van der Waals surface area contributed by atoms with Crippen LogP contribution in [-0.2, 0) is 20.7 Å². The molecular formula is C22H22O6. The average molecular weight is 382 g/mol. The third-order valence-electron chi connectivity index (χ3n) is 4.12. The molecule has 1 atom stereocenters. The van der Waals surface area contributed by atoms with E-state index in [2.05, 4.69) is 0 Å². The lowest BCUT2D eigenvalue weighted by Crippen LogP contribution is -2.22. The van der Waals surface area contributed by atoms with Gasteiger partial charge in [-0.25, -0.2) is 14.4 Å². The van der Waals surface area contributed by atoms with E-state index in [-0.39, 0.29) is 23.1 Å². The van der Waals surface area contributed by atoms with Gasteiger partial charge in [0.25, 0.3) is 0 Å². The summed E-state index contributed by atoms with van der Waals surface area (Å²) in [5.74, 6) is -2.13. The molecule has 6 nitrogen and oxygen atoms in total. The van der Waals surface area contributed by atoms with E-state index in [0.29, 0.717) is 18.2 Å². The van der Waals surface area contributed by atoms with E-state index < -0.39 is 24.0 Å². The van der Waals surface area contributed by atoms with Crippen molar-refractivity contribution in [1.82, 2.24) is 0 Å². The van der Waals surface area contributed by atoms with E-state index in [1.807, 2.05) is 6.92 Å². The van der Waals surface area contributed by atoms with Crippen LogP contribution in [0.5, 0.6) is 0 Å². The fraction of sp³-hybridized carbons (Fsp3) is 0.227. The van der Waals surface area contributed by atoms with Gasteiger partial charge >= 0.3 is 17.9 Å². The zero-order valence-corrected chi connectivity index (χ0v) is 15.8. The fourth-order valence-corrected chi connectivity index (χ4v) is 2.48. The summed E-state index contributed by atoms with van der Waals surface area (Å²) in [6.07, 6.45) is 0.971. The molecule has 0 aliphatic rings. The first-order chi connectivity index (χ1) is 13.5. The van der Waals surface area contributed by atoms with E-state index in [4.69, 9.17) is 14.6 Å². The summed E-state index contributed by atoms with van der Waals surface area (Å²) >= 11 is 0. The van der Waals surface area contributed by atoms with Gasteiger partial charge in [-0.15, -0.1) is 0 Å². The van der Waals surface area contributed by atoms with Gasteiger partial charge in [0.2, 0.25) is 0 Å². The number of benzene rings is 2. The van der Waals surface area contributed by atoms with Crippen LogP contribution in [0.25, 0.3) is 0 Å². The normalized spacial score (nSPS) is 12.1. The van der Waals surface area contributed by atoms with Gasteiger partial charge in [0, 0.05) is 6.42 Å². The van der Waals surface area contributed by atoms with Crippen LogP contribution in [0.1, 0.15) is 46.5 Å². The Balaban J connectivity index is 2.14. The Morgan fingerprint density at radius 3 is 2.29 bits per heavy atom. The van der Waals surface area contributed by atoms with Crippen molar-refractivity contribution in [3.63, 3.8) is 0 Å². The summed E-state index contributed by atoms with van der Waals surface area (Å²) in [4.78, 5) is 36.5. The molecule has 2 rings (SSSR count). The van der Waals surface area contributed by atoms with Crippen LogP contribution in [0, 0.1) is 0 Å². The third kappa shape index (κ3) is 5.54. The smallest absolute Gasteiger partial charge is 0.346 e. The molecule has 1 unspecified atom stereocenters. The van der Waals surface area contributed by atoms with Crippen molar-refractivity contribution in [2.45, 2.75) is 32.8 Å². The Morgan fingerprint density at radius 1 is 1.00 bits per heavy atom. The minimum absolute atomic E-state index is 0.0830. The van der Waals surface area contributed by atoms with Crippen molar-refractivity contribution in [2.75, 3.05) is 0 Å². The van der Waals surface area contributed by atoms with Crippen LogP contribution in [0.2, 0.25) is 0 Å². The molecule has 0 radical (unpaired) electrons. The number of esters is 3. The SMILES string of the molecule is CCC(Cc1ccccc1C(=O)OC(=O)c1ccccc1)OC(=O)C(C)=CO. The van der Waals surface area contributed by atoms with Gasteiger partial charge in [-0.2, -0.15) is 0 Å². The Kier molecular flexibility index (Phi) is 7.51. The van der Waals surface area contributed by atoms with Crippen LogP contribution in [0.3, 0.4) is 0 Å². The van der Waals surface area contributed by atoms with Crippen molar-refractivity contribution in [3.8, 4) is 0 Å². The van der Waals surface area contributed by atoms with Gasteiger partial charge in [-0.05, 0) is 37.1 Å². The molecule has 28 heavy (non-hydrogen) atoms. The van der Waals surface area contributed by atoms with Crippen molar-refractivity contribution < 1.29 is 29.0 Å². The lowest BCUT2D eigenvalue weighted by Gasteiger charge is -2.18. The molecule has 0 aromatic heterocycles. The predicted octanol–water partition coefficient (Wildman–Crippen LogP) is 4.01. The molecule has 0 heterocycles. The highest BCUT2D eigenvalue weighted by Crippen LogP contribution is 2.17. The molecule has 0 aliphatic heterocycles. The zero-order chi connectivity index (χ0) is 20.5. The van der Waals surface area contributed by atoms with Crippen LogP contribution in [0.15, 0.2) is 66.4 Å². The second-order valence-corrected chi connectivity index (χ2v) is 6.15. The Labute approximate surface area is 163 Å². The second kappa shape index (κ2) is 10.1. The summed E-state index contributed by atoms with van der Waals surface area (Å²) in [6.45, 7) is 3.28. The molecule has 0 spiro atoms. The maximum atomic E-state index is 12.5. The van der Waals surface area contributed by atoms with Crippen molar-refractivity contribution in [3.05, 3.63) is 83.1 Å². The van der Waals surface area contributed by atoms with Crippen LogP contribution < -0.4 is 0 Å². The van der Waals surface area contributed by atoms with Gasteiger partial charge < -0.3 is 14.6 Å². The fourth-order valence-electron chi connectivity index (χ4n) is 2.48. The summed E-state index contributed by atoms with van der Waals surface area (Å²) in [5, 5.41) is 8.92. The molecule has 146 valence electrons. The zero-order valence-electron chi connectivity index (χ0n) is 15.8. The highest BCUT2D eigenvalue weighted by atomic mass is 16.6. The van der Waals surface area contributed by atoms with Crippen molar-refractivity contribution >= 4 is 17.9 Å². The molecule has 0 amide bonds. The lowest BCUT2D eigenvalue weighted by atomic mass is 10.0. The first-order valence-corrected chi connectivity index (χ1v) is 8.87. The lowest BCUT2D eigenvalue weighted by molar-refractivity contribution is -0.144. The number of hydrogen-bond acceptors (Lipinski definition) is 6. The number of carbonyl (C=O) groups excluding carboxylic acids is 3. The highest BCUT2D eigenvalue weighted by Gasteiger charge is 2.21. The van der Waals surface area contributed by atoms with E-state index in [9.17, 15) is 14.4 Å². The maximum absolute atomic E-state index is 12.5. The standard InChI is InChI=1S/C22H22O6/c1-3-18(27-20(24)15(2)14-23)13-17-11-7-8-12-19(17)22(26)28-21(25)16-9-5-4-6-10-16/h4-12,14,18,23H,3,13H2,1-2H3. The van der Waals surface area contributed by atoms with Gasteiger partial charge in [0.05, 0.1) is 23.0 Å². The number of aliphatic hydroxyl groups excluding tert-OH is 1. The van der Waals surface area contributed by atoms with Gasteiger partial charge in [-0.3, -0.25) is 0 Å². The molecule has 6 heteroatoms. The monoisotopic (exact) mass is 382 g/mol. The van der Waals surface area contributed by atoms with E-state index in [1.54, 1.807) is 54.6 Å². The number of ether oxygens (including phenoxy) is 2. The molecule has 2 aromatic carbocycles. The van der Waals surface area contributed by atoms with Gasteiger partial charge in [0.15, 0.2) is 0 Å². The number of carbonyl (C=O) groups is 3. The molecule has 1 N–H and O–H groups in total. The number of aliphatic hydroxyl groups is 1. The molecule has 0 bridgehead atoms. The van der Waals surface area contributed by atoms with Crippen LogP contribution in [0.4, 0.5) is 0 Å². The minimum Gasteiger partial charge on any atom is -0.515 e. The maximum Gasteiger partial charge on any atom is 0.346 e. The minimum atomic E-state index is -0.767. The molecule has 0 aliphatic carbocycles. The second-order valence-electron chi connectivity index (χ2n) is 6.15. The summed E-state index contributed by atoms with van der Waals surface area (Å²) in [6, 6.07) is 14.9. The first kappa shape index (κ1) is 20.9. The molecule has 0 saturated heterocycles. The first-order valence-electron chi connectivity index (χ1n) is 8.87. The predicted molar refractivity (Wildman–Crippen MR) is 103 cm³/mol. The summed E-state index contributed by atoms with van der Waals surface area (Å²) in [5.41, 5.74) is 1.19. The largest absolute Gasteiger partial charge is 0.515 e. The van der Waals surface area contributed by atoms with E-state index >= 15 is 0 Å². The molecule has 0 fully saturated rings. The topological polar surface area (TPSA) is 89.9 Å². The molecular weight excluding hydrogens is 360 g/mol. The van der Waals surface area contributed by atoms with Crippen molar-refractivity contribution in [2.24, 2.45) is 0 Å². The number of hydrogen-bond donors (Lipinski definition) is 1. The molecule has 2 aromatic rings. The van der Waals surface area contributed by atoms with Crippen LogP contribution in [-0.4, -0.2) is 29.1 Å². The Hall–Kier alpha value is -3.41. The average Bonchev–Trinajstić information content (AvgIpc) is 2.73. The highest BCUT2D eigenvalue weighted by molar-refractivity contribution is 6.03. The molecule has 0 saturated carbocycles. The summed E-state index contributed by atoms with van der Waals surface area (Å²) < 4.78 is 10.3. The van der Waals surface area contributed by atoms with Crippen LogP contribution >= 0.6 is 0 Å². The quantitative estimate of drug-likeness (QED) is 0.337. The van der Waals surface area contributed by atoms with E-state index in [0.717, 1.165) is 0 Å². The van der Waals surface area contributed by atoms with Crippen molar-refractivity contribution in [1.29, 1.82) is 0 Å². The van der Waals surface area contributed by atoms with E-state index in [1.165, 1.54) is 6.92 Å². The van der Waals surface area contributed by atoms with Gasteiger partial charge in [0.1, 0.15) is 6.10 Å².